The van der Waals surface area contributed by atoms with Crippen molar-refractivity contribution in [1.29, 1.82) is 0 Å². The third-order valence-corrected chi connectivity index (χ3v) is 6.64. The predicted molar refractivity (Wildman–Crippen MR) is 129 cm³/mol. The summed E-state index contributed by atoms with van der Waals surface area (Å²) < 4.78 is 7.23. The van der Waals surface area contributed by atoms with Crippen LogP contribution in [0.25, 0.3) is 6.08 Å². The van der Waals surface area contributed by atoms with Crippen molar-refractivity contribution in [2.24, 2.45) is 4.99 Å². The molecule has 0 fully saturated rings. The van der Waals surface area contributed by atoms with E-state index in [-0.39, 0.29) is 22.3 Å². The first kappa shape index (κ1) is 23.6. The summed E-state index contributed by atoms with van der Waals surface area (Å²) in [7, 11) is 0. The fourth-order valence-electron chi connectivity index (χ4n) is 3.74. The van der Waals surface area contributed by atoms with Crippen LogP contribution in [0.5, 0.6) is 5.75 Å². The van der Waals surface area contributed by atoms with Crippen molar-refractivity contribution in [3.63, 3.8) is 0 Å². The van der Waals surface area contributed by atoms with Crippen LogP contribution in [-0.4, -0.2) is 27.2 Å². The first-order valence-electron chi connectivity index (χ1n) is 10.1. The zero-order chi connectivity index (χ0) is 24.6. The zero-order valence-corrected chi connectivity index (χ0v) is 20.4. The summed E-state index contributed by atoms with van der Waals surface area (Å²) in [5.41, 5.74) is 0.552. The third kappa shape index (κ3) is 4.19. The van der Waals surface area contributed by atoms with Gasteiger partial charge in [-0.3, -0.25) is 19.5 Å². The minimum absolute atomic E-state index is 0.101. The van der Waals surface area contributed by atoms with Crippen LogP contribution in [0, 0.1) is 10.1 Å². The molecule has 9 nitrogen and oxygen atoms in total. The van der Waals surface area contributed by atoms with Gasteiger partial charge in [0.05, 0.1) is 33.4 Å². The van der Waals surface area contributed by atoms with Gasteiger partial charge >= 0.3 is 11.7 Å². The Morgan fingerprint density at radius 2 is 2.06 bits per heavy atom. The Bertz CT molecular complexity index is 1520. The first-order chi connectivity index (χ1) is 16.2. The largest absolute Gasteiger partial charge is 0.502 e. The number of phenolic OH excluding ortho intramolecular Hbond substituents is 1. The minimum Gasteiger partial charge on any atom is -0.502 e. The quantitative estimate of drug-likeness (QED) is 0.299. The first-order valence-corrected chi connectivity index (χ1v) is 11.7. The highest BCUT2D eigenvalue weighted by Gasteiger charge is 2.33. The van der Waals surface area contributed by atoms with Gasteiger partial charge in [-0.25, -0.2) is 9.79 Å². The number of aromatic nitrogens is 1. The Hall–Kier alpha value is -3.57. The van der Waals surface area contributed by atoms with E-state index in [2.05, 4.69) is 20.9 Å². The van der Waals surface area contributed by atoms with Crippen molar-refractivity contribution in [3.8, 4) is 5.75 Å². The van der Waals surface area contributed by atoms with Crippen molar-refractivity contribution in [2.75, 3.05) is 6.61 Å². The molecule has 0 spiro atoms. The van der Waals surface area contributed by atoms with Gasteiger partial charge in [0.2, 0.25) is 5.75 Å². The lowest BCUT2D eigenvalue weighted by Gasteiger charge is -2.24. The molecule has 1 aromatic heterocycles. The fourth-order valence-corrected chi connectivity index (χ4v) is 5.24. The second kappa shape index (κ2) is 9.35. The molecule has 0 amide bonds. The van der Waals surface area contributed by atoms with E-state index >= 15 is 0 Å². The van der Waals surface area contributed by atoms with Crippen molar-refractivity contribution in [2.45, 2.75) is 19.9 Å². The van der Waals surface area contributed by atoms with E-state index in [9.17, 15) is 24.8 Å². The summed E-state index contributed by atoms with van der Waals surface area (Å²) in [5, 5.41) is 21.7. The lowest BCUT2D eigenvalue weighted by Crippen LogP contribution is -2.39. The van der Waals surface area contributed by atoms with Crippen LogP contribution < -0.4 is 14.9 Å². The number of nitro groups is 1. The highest BCUT2D eigenvalue weighted by Crippen LogP contribution is 2.34. The lowest BCUT2D eigenvalue weighted by atomic mass is 9.96. The molecule has 1 aliphatic heterocycles. The number of carbonyl (C=O) groups excluding carboxylic acids is 1. The smallest absolute Gasteiger partial charge is 0.338 e. The number of allylic oxidation sites excluding steroid dienone is 1. The molecule has 1 aliphatic rings. The van der Waals surface area contributed by atoms with Crippen LogP contribution in [0.4, 0.5) is 5.69 Å². The number of benzene rings is 2. The number of halogens is 1. The molecule has 1 atom stereocenters. The van der Waals surface area contributed by atoms with Crippen molar-refractivity contribution < 1.29 is 19.6 Å². The minimum atomic E-state index is -0.760. The molecule has 0 saturated heterocycles. The molecule has 174 valence electrons. The monoisotopic (exact) mass is 543 g/mol. The van der Waals surface area contributed by atoms with Gasteiger partial charge in [-0.05, 0) is 31.6 Å². The maximum absolute atomic E-state index is 13.5. The molecule has 0 bridgehead atoms. The number of esters is 1. The lowest BCUT2D eigenvalue weighted by molar-refractivity contribution is -0.385. The number of ether oxygens (including phenoxy) is 1. The molecule has 1 unspecified atom stereocenters. The molecule has 11 heteroatoms. The molecule has 0 radical (unpaired) electrons. The maximum atomic E-state index is 13.5. The molecule has 3 aromatic rings. The van der Waals surface area contributed by atoms with Crippen LogP contribution >= 0.6 is 27.3 Å². The summed E-state index contributed by atoms with van der Waals surface area (Å²) in [4.78, 5) is 41.8. The molecule has 0 aliphatic carbocycles. The van der Waals surface area contributed by atoms with E-state index < -0.39 is 33.9 Å². The van der Waals surface area contributed by atoms with Gasteiger partial charge in [-0.15, -0.1) is 0 Å². The van der Waals surface area contributed by atoms with E-state index in [0.717, 1.165) is 11.3 Å². The number of rotatable bonds is 5. The second-order valence-corrected chi connectivity index (χ2v) is 9.26. The van der Waals surface area contributed by atoms with Gasteiger partial charge in [0.1, 0.15) is 0 Å². The van der Waals surface area contributed by atoms with E-state index in [1.807, 2.05) is 30.3 Å². The molecule has 4 rings (SSSR count). The molecule has 2 heterocycles. The Morgan fingerprint density at radius 1 is 1.35 bits per heavy atom. The number of fused-ring (bicyclic) bond motifs is 1. The van der Waals surface area contributed by atoms with E-state index in [4.69, 9.17) is 4.74 Å². The molecular formula is C23H18BrN3O6S. The van der Waals surface area contributed by atoms with Crippen LogP contribution in [0.3, 0.4) is 0 Å². The normalized spacial score (nSPS) is 15.6. The van der Waals surface area contributed by atoms with Gasteiger partial charge in [0.15, 0.2) is 4.80 Å². The van der Waals surface area contributed by atoms with Crippen molar-refractivity contribution >= 4 is 45.0 Å². The Labute approximate surface area is 205 Å². The number of phenols is 1. The van der Waals surface area contributed by atoms with E-state index in [1.165, 1.54) is 22.8 Å². The van der Waals surface area contributed by atoms with Gasteiger partial charge in [0.25, 0.3) is 5.56 Å². The highest BCUT2D eigenvalue weighted by atomic mass is 79.9. The number of hydrogen-bond acceptors (Lipinski definition) is 8. The number of hydrogen-bond donors (Lipinski definition) is 1. The van der Waals surface area contributed by atoms with E-state index in [1.54, 1.807) is 13.8 Å². The van der Waals surface area contributed by atoms with Gasteiger partial charge in [0, 0.05) is 16.1 Å². The zero-order valence-electron chi connectivity index (χ0n) is 18.0. The standard InChI is InChI=1S/C23H18BrN3O6S/c1-3-33-22(30)18-12(2)25-23-26(19(18)13-7-5-4-6-8-13)21(29)17(34-23)10-14-9-15(24)11-16(20(14)28)27(31)32/h4-11,19,28H,3H2,1-2H3. The highest BCUT2D eigenvalue weighted by molar-refractivity contribution is 9.10. The van der Waals surface area contributed by atoms with Gasteiger partial charge < -0.3 is 9.84 Å². The molecule has 2 aromatic carbocycles. The van der Waals surface area contributed by atoms with Crippen LogP contribution in [-0.2, 0) is 9.53 Å². The Morgan fingerprint density at radius 3 is 2.71 bits per heavy atom. The SMILES string of the molecule is CCOC(=O)C1=C(C)N=c2sc(=Cc3cc(Br)cc([N+](=O)[O-])c3O)c(=O)n2C1c1ccccc1. The van der Waals surface area contributed by atoms with Crippen molar-refractivity contribution in [1.82, 2.24) is 4.57 Å². The summed E-state index contributed by atoms with van der Waals surface area (Å²) in [6, 6.07) is 11.0. The number of thiazole rings is 1. The number of nitrogens with zero attached hydrogens (tertiary/aromatic N) is 3. The Balaban J connectivity index is 1.98. The van der Waals surface area contributed by atoms with Crippen molar-refractivity contribution in [3.05, 3.63) is 99.1 Å². The predicted octanol–water partition coefficient (Wildman–Crippen LogP) is 3.17. The average molecular weight is 544 g/mol. The van der Waals surface area contributed by atoms with Gasteiger partial charge in [-0.2, -0.15) is 0 Å². The Kier molecular flexibility index (Phi) is 6.49. The van der Waals surface area contributed by atoms with Gasteiger partial charge in [-0.1, -0.05) is 57.6 Å². The molecule has 34 heavy (non-hydrogen) atoms. The summed E-state index contributed by atoms with van der Waals surface area (Å²) >= 11 is 4.26. The van der Waals surface area contributed by atoms with E-state index in [0.29, 0.717) is 20.5 Å². The topological polar surface area (TPSA) is 124 Å². The number of nitro benzene ring substituents is 1. The molecular weight excluding hydrogens is 526 g/mol. The van der Waals surface area contributed by atoms with Crippen LogP contribution in [0.1, 0.15) is 31.0 Å². The summed E-state index contributed by atoms with van der Waals surface area (Å²) in [5.74, 6) is -1.12. The number of carbonyl (C=O) groups is 1. The maximum Gasteiger partial charge on any atom is 0.338 e. The van der Waals surface area contributed by atoms with Crippen LogP contribution in [0.15, 0.2) is 68.0 Å². The average Bonchev–Trinajstić information content (AvgIpc) is 3.10. The fraction of sp³-hybridized carbons (Fsp3) is 0.174. The van der Waals surface area contributed by atoms with Crippen LogP contribution in [0.2, 0.25) is 0 Å². The second-order valence-electron chi connectivity index (χ2n) is 7.33. The summed E-state index contributed by atoms with van der Waals surface area (Å²) in [6.07, 6.45) is 1.38. The molecule has 0 saturated carbocycles. The molecule has 1 N–H and O–H groups in total. The summed E-state index contributed by atoms with van der Waals surface area (Å²) in [6.45, 7) is 3.55. The number of aromatic hydroxyl groups is 1. The third-order valence-electron chi connectivity index (χ3n) is 5.20.